The van der Waals surface area contributed by atoms with Crippen LogP contribution in [0.3, 0.4) is 0 Å². The summed E-state index contributed by atoms with van der Waals surface area (Å²) < 4.78 is 6.85. The van der Waals surface area contributed by atoms with Crippen LogP contribution in [0.1, 0.15) is 31.1 Å². The average Bonchev–Trinajstić information content (AvgIpc) is 2.93. The Labute approximate surface area is 140 Å². The number of amides is 2. The van der Waals surface area contributed by atoms with Gasteiger partial charge in [0.25, 0.3) is 0 Å². The van der Waals surface area contributed by atoms with Crippen LogP contribution < -0.4 is 10.6 Å². The third-order valence-corrected chi connectivity index (χ3v) is 4.22. The molecule has 21 heavy (non-hydrogen) atoms. The lowest BCUT2D eigenvalue weighted by Crippen LogP contribution is -2.28. The zero-order chi connectivity index (χ0) is 15.4. The van der Waals surface area contributed by atoms with Crippen LogP contribution in [0.2, 0.25) is 0 Å². The Morgan fingerprint density at radius 3 is 2.48 bits per heavy atom. The molecule has 0 aliphatic heterocycles. The number of hydrogen-bond acceptors (Lipinski definition) is 2. The molecule has 0 aliphatic carbocycles. The molecular weight excluding hydrogens is 400 g/mol. The molecule has 1 heterocycles. The molecule has 0 saturated heterocycles. The van der Waals surface area contributed by atoms with Gasteiger partial charge in [-0.25, -0.2) is 4.79 Å². The largest absolute Gasteiger partial charge is 0.467 e. The second-order valence-electron chi connectivity index (χ2n) is 4.90. The number of halogens is 2. The Hall–Kier alpha value is -1.27. The quantitative estimate of drug-likeness (QED) is 0.716. The highest BCUT2D eigenvalue weighted by Crippen LogP contribution is 2.34. The van der Waals surface area contributed by atoms with Gasteiger partial charge in [-0.15, -0.1) is 0 Å². The van der Waals surface area contributed by atoms with Gasteiger partial charge in [0.05, 0.1) is 18.5 Å². The minimum Gasteiger partial charge on any atom is -0.467 e. The molecule has 0 saturated carbocycles. The first-order valence-electron chi connectivity index (χ1n) is 6.53. The molecule has 1 aromatic heterocycles. The summed E-state index contributed by atoms with van der Waals surface area (Å²) >= 11 is 6.99. The van der Waals surface area contributed by atoms with Gasteiger partial charge in [-0.05, 0) is 67.6 Å². The summed E-state index contributed by atoms with van der Waals surface area (Å²) in [5.41, 5.74) is 1.90. The molecular formula is C15H16Br2N2O2. The molecule has 0 aliphatic rings. The smallest absolute Gasteiger partial charge is 0.319 e. The van der Waals surface area contributed by atoms with E-state index in [2.05, 4.69) is 56.3 Å². The van der Waals surface area contributed by atoms with Gasteiger partial charge in [-0.2, -0.15) is 0 Å². The first kappa shape index (κ1) is 16.1. The van der Waals surface area contributed by atoms with Crippen molar-refractivity contribution in [2.24, 2.45) is 0 Å². The van der Waals surface area contributed by atoms with Gasteiger partial charge < -0.3 is 15.1 Å². The van der Waals surface area contributed by atoms with Crippen LogP contribution in [-0.2, 0) is 6.54 Å². The lowest BCUT2D eigenvalue weighted by Gasteiger charge is -2.14. The second kappa shape index (κ2) is 7.13. The summed E-state index contributed by atoms with van der Waals surface area (Å²) in [5, 5.41) is 5.56. The van der Waals surface area contributed by atoms with Gasteiger partial charge in [0.1, 0.15) is 5.76 Å². The zero-order valence-electron chi connectivity index (χ0n) is 11.7. The monoisotopic (exact) mass is 414 g/mol. The number of anilines is 1. The molecule has 1 aromatic carbocycles. The molecule has 4 nitrogen and oxygen atoms in total. The van der Waals surface area contributed by atoms with Crippen molar-refractivity contribution in [1.82, 2.24) is 5.32 Å². The molecule has 0 bridgehead atoms. The van der Waals surface area contributed by atoms with Crippen molar-refractivity contribution in [1.29, 1.82) is 0 Å². The van der Waals surface area contributed by atoms with E-state index in [9.17, 15) is 4.79 Å². The van der Waals surface area contributed by atoms with Gasteiger partial charge in [0.2, 0.25) is 0 Å². The molecule has 0 fully saturated rings. The van der Waals surface area contributed by atoms with Crippen LogP contribution in [0.5, 0.6) is 0 Å². The van der Waals surface area contributed by atoms with Gasteiger partial charge >= 0.3 is 6.03 Å². The molecule has 2 rings (SSSR count). The highest BCUT2D eigenvalue weighted by molar-refractivity contribution is 9.11. The molecule has 112 valence electrons. The van der Waals surface area contributed by atoms with Gasteiger partial charge in [0.15, 0.2) is 0 Å². The lowest BCUT2D eigenvalue weighted by molar-refractivity contribution is 0.251. The van der Waals surface area contributed by atoms with Crippen molar-refractivity contribution in [2.45, 2.75) is 26.3 Å². The molecule has 2 aromatic rings. The molecule has 0 radical (unpaired) electrons. The first-order chi connectivity index (χ1) is 9.97. The number of hydrogen-bond donors (Lipinski definition) is 2. The summed E-state index contributed by atoms with van der Waals surface area (Å²) in [5.74, 6) is 1.12. The second-order valence-corrected chi connectivity index (χ2v) is 6.61. The summed E-state index contributed by atoms with van der Waals surface area (Å²) in [7, 11) is 0. The molecule has 0 spiro atoms. The maximum atomic E-state index is 11.9. The molecule has 0 unspecified atom stereocenters. The van der Waals surface area contributed by atoms with Crippen molar-refractivity contribution in [2.75, 3.05) is 5.32 Å². The van der Waals surface area contributed by atoms with Crippen LogP contribution in [0.15, 0.2) is 43.9 Å². The predicted octanol–water partition coefficient (Wildman–Crippen LogP) is 5.25. The SMILES string of the molecule is CC(C)c1cc(Br)c(NC(=O)NCc2ccco2)c(Br)c1. The van der Waals surface area contributed by atoms with Crippen LogP contribution in [0, 0.1) is 0 Å². The number of furan rings is 1. The summed E-state index contributed by atoms with van der Waals surface area (Å²) in [6.07, 6.45) is 1.58. The summed E-state index contributed by atoms with van der Waals surface area (Å²) in [4.78, 5) is 11.9. The Morgan fingerprint density at radius 2 is 1.95 bits per heavy atom. The fourth-order valence-corrected chi connectivity index (χ4v) is 3.20. The minimum atomic E-state index is -0.287. The Bertz CT molecular complexity index is 602. The highest BCUT2D eigenvalue weighted by Gasteiger charge is 2.12. The van der Waals surface area contributed by atoms with E-state index in [1.54, 1.807) is 12.3 Å². The van der Waals surface area contributed by atoms with Crippen LogP contribution in [0.25, 0.3) is 0 Å². The van der Waals surface area contributed by atoms with Crippen LogP contribution in [0.4, 0.5) is 10.5 Å². The number of rotatable bonds is 4. The van der Waals surface area contributed by atoms with E-state index in [4.69, 9.17) is 4.42 Å². The zero-order valence-corrected chi connectivity index (χ0v) is 14.9. The van der Waals surface area contributed by atoms with Gasteiger partial charge in [-0.3, -0.25) is 0 Å². The van der Waals surface area contributed by atoms with Crippen molar-refractivity contribution in [3.63, 3.8) is 0 Å². The maximum absolute atomic E-state index is 11.9. The maximum Gasteiger partial charge on any atom is 0.319 e. The third kappa shape index (κ3) is 4.35. The molecule has 6 heteroatoms. The highest BCUT2D eigenvalue weighted by atomic mass is 79.9. The Morgan fingerprint density at radius 1 is 1.29 bits per heavy atom. The van der Waals surface area contributed by atoms with Gasteiger partial charge in [0, 0.05) is 8.95 Å². The number of benzene rings is 1. The van der Waals surface area contributed by atoms with E-state index in [1.807, 2.05) is 18.2 Å². The van der Waals surface area contributed by atoms with Crippen LogP contribution in [-0.4, -0.2) is 6.03 Å². The van der Waals surface area contributed by atoms with E-state index in [0.717, 1.165) is 8.95 Å². The van der Waals surface area contributed by atoms with Crippen molar-refractivity contribution < 1.29 is 9.21 Å². The lowest BCUT2D eigenvalue weighted by atomic mass is 10.0. The van der Waals surface area contributed by atoms with Crippen molar-refractivity contribution in [3.8, 4) is 0 Å². The number of carbonyl (C=O) groups excluding carboxylic acids is 1. The Kier molecular flexibility index (Phi) is 5.47. The van der Waals surface area contributed by atoms with Crippen molar-refractivity contribution in [3.05, 3.63) is 50.8 Å². The average molecular weight is 416 g/mol. The number of urea groups is 1. The number of carbonyl (C=O) groups is 1. The minimum absolute atomic E-state index is 0.287. The summed E-state index contributed by atoms with van der Waals surface area (Å²) in [6.45, 7) is 4.59. The normalized spacial score (nSPS) is 10.7. The summed E-state index contributed by atoms with van der Waals surface area (Å²) in [6, 6.07) is 7.33. The number of nitrogens with one attached hydrogen (secondary N) is 2. The first-order valence-corrected chi connectivity index (χ1v) is 8.12. The molecule has 2 amide bonds. The Balaban J connectivity index is 2.03. The van der Waals surface area contributed by atoms with E-state index in [0.29, 0.717) is 23.9 Å². The molecule has 2 N–H and O–H groups in total. The van der Waals surface area contributed by atoms with E-state index < -0.39 is 0 Å². The topological polar surface area (TPSA) is 54.3 Å². The fourth-order valence-electron chi connectivity index (χ4n) is 1.78. The van der Waals surface area contributed by atoms with E-state index in [1.165, 1.54) is 5.56 Å². The fraction of sp³-hybridized carbons (Fsp3) is 0.267. The van der Waals surface area contributed by atoms with Crippen molar-refractivity contribution >= 4 is 43.6 Å². The van der Waals surface area contributed by atoms with Gasteiger partial charge in [-0.1, -0.05) is 13.8 Å². The molecule has 0 atom stereocenters. The van der Waals surface area contributed by atoms with Crippen LogP contribution >= 0.6 is 31.9 Å². The standard InChI is InChI=1S/C15H16Br2N2O2/c1-9(2)10-6-12(16)14(13(17)7-10)19-15(20)18-8-11-4-3-5-21-11/h3-7,9H,8H2,1-2H3,(H2,18,19,20). The van der Waals surface area contributed by atoms with E-state index >= 15 is 0 Å². The third-order valence-electron chi connectivity index (χ3n) is 2.97. The van der Waals surface area contributed by atoms with E-state index in [-0.39, 0.29) is 6.03 Å². The predicted molar refractivity (Wildman–Crippen MR) is 90.5 cm³/mol.